The predicted octanol–water partition coefficient (Wildman–Crippen LogP) is 5.64. The average Bonchev–Trinajstić information content (AvgIpc) is 2.53. The smallest absolute Gasteiger partial charge is 0.234 e. The molecule has 25 heavy (non-hydrogen) atoms. The van der Waals surface area contributed by atoms with E-state index in [4.69, 9.17) is 0 Å². The van der Waals surface area contributed by atoms with Crippen LogP contribution in [0, 0.1) is 0 Å². The molecule has 0 saturated heterocycles. The lowest BCUT2D eigenvalue weighted by Gasteiger charge is -2.14. The highest BCUT2D eigenvalue weighted by atomic mass is 32.2. The maximum absolute atomic E-state index is 12.7. The molecule has 134 valence electrons. The molecule has 2 rings (SSSR count). The van der Waals surface area contributed by atoms with E-state index in [1.54, 1.807) is 13.0 Å². The minimum Gasteiger partial charge on any atom is -0.234 e. The second-order valence-corrected chi connectivity index (χ2v) is 8.60. The molecule has 6 heteroatoms. The third-order valence-corrected chi connectivity index (χ3v) is 5.06. The Hall–Kier alpha value is -1.95. The highest BCUT2D eigenvalue weighted by Crippen LogP contribution is 2.31. The van der Waals surface area contributed by atoms with Gasteiger partial charge in [-0.1, -0.05) is 30.3 Å². The van der Waals surface area contributed by atoms with Crippen molar-refractivity contribution in [2.75, 3.05) is 0 Å². The fourth-order valence-electron chi connectivity index (χ4n) is 2.09. The summed E-state index contributed by atoms with van der Waals surface area (Å²) in [6.45, 7) is 7.31. The highest BCUT2D eigenvalue weighted by Gasteiger charge is 2.30. The summed E-state index contributed by atoms with van der Waals surface area (Å²) in [5.41, 5.74) is 2.20. The molecule has 0 aliphatic carbocycles. The van der Waals surface area contributed by atoms with Crippen LogP contribution in [0.3, 0.4) is 0 Å². The van der Waals surface area contributed by atoms with Crippen molar-refractivity contribution < 1.29 is 17.4 Å². The van der Waals surface area contributed by atoms with Crippen LogP contribution in [0.15, 0.2) is 52.9 Å². The minimum atomic E-state index is -4.35. The molecular formula is C19H20F3NOS. The zero-order chi connectivity index (χ0) is 18.8. The third kappa shape index (κ3) is 5.01. The Balaban J connectivity index is 2.33. The summed E-state index contributed by atoms with van der Waals surface area (Å²) >= 11 is 0. The summed E-state index contributed by atoms with van der Waals surface area (Å²) in [5, 5.41) is 0. The molecule has 0 fully saturated rings. The van der Waals surface area contributed by atoms with Crippen molar-refractivity contribution in [2.24, 2.45) is 4.40 Å². The summed E-state index contributed by atoms with van der Waals surface area (Å²) < 4.78 is 53.9. The highest BCUT2D eigenvalue weighted by molar-refractivity contribution is 7.85. The fraction of sp³-hybridized carbons (Fsp3) is 0.316. The second-order valence-electron chi connectivity index (χ2n) is 6.69. The topological polar surface area (TPSA) is 29.4 Å². The Morgan fingerprint density at radius 3 is 2.08 bits per heavy atom. The lowest BCUT2D eigenvalue weighted by Crippen LogP contribution is -2.20. The molecule has 0 bridgehead atoms. The van der Waals surface area contributed by atoms with E-state index in [1.165, 1.54) is 12.1 Å². The third-order valence-electron chi connectivity index (χ3n) is 3.57. The monoisotopic (exact) mass is 367 g/mol. The van der Waals surface area contributed by atoms with E-state index in [-0.39, 0.29) is 0 Å². The van der Waals surface area contributed by atoms with Crippen LogP contribution in [0.2, 0.25) is 0 Å². The summed E-state index contributed by atoms with van der Waals surface area (Å²) in [5.74, 6) is 0. The molecule has 0 heterocycles. The minimum absolute atomic E-state index is 0.452. The molecule has 0 spiro atoms. The molecule has 2 aromatic rings. The number of hydrogen-bond donors (Lipinski definition) is 0. The molecule has 0 radical (unpaired) electrons. The van der Waals surface area contributed by atoms with Crippen LogP contribution in [0.25, 0.3) is 11.1 Å². The normalized spacial score (nSPS) is 14.4. The molecule has 1 unspecified atom stereocenters. The number of benzene rings is 2. The van der Waals surface area contributed by atoms with Crippen LogP contribution in [-0.2, 0) is 17.2 Å². The van der Waals surface area contributed by atoms with Gasteiger partial charge in [-0.05, 0) is 62.6 Å². The van der Waals surface area contributed by atoms with Gasteiger partial charge in [0, 0.05) is 0 Å². The number of alkyl halides is 3. The molecule has 2 nitrogen and oxygen atoms in total. The lowest BCUT2D eigenvalue weighted by molar-refractivity contribution is -0.137. The number of halogens is 3. The van der Waals surface area contributed by atoms with Gasteiger partial charge < -0.3 is 0 Å². The van der Waals surface area contributed by atoms with Crippen LogP contribution in [0.1, 0.15) is 38.8 Å². The van der Waals surface area contributed by atoms with Crippen LogP contribution in [0.4, 0.5) is 13.2 Å². The standard InChI is InChI=1S/C19H20F3NOS/c1-13(23-25(24)18(2,3)4)15-6-5-7-16(12-15)14-8-10-17(11-9-14)19(20,21)22/h5-12H,1-4H3. The first kappa shape index (κ1) is 19.4. The number of nitrogens with zero attached hydrogens (tertiary/aromatic N) is 1. The average molecular weight is 367 g/mol. The van der Waals surface area contributed by atoms with E-state index in [9.17, 15) is 17.4 Å². The fourth-order valence-corrected chi connectivity index (χ4v) is 2.72. The zero-order valence-electron chi connectivity index (χ0n) is 14.5. The summed E-state index contributed by atoms with van der Waals surface area (Å²) in [4.78, 5) is 0. The van der Waals surface area contributed by atoms with E-state index in [0.29, 0.717) is 11.3 Å². The van der Waals surface area contributed by atoms with Gasteiger partial charge in [-0.3, -0.25) is 0 Å². The molecular weight excluding hydrogens is 347 g/mol. The zero-order valence-corrected chi connectivity index (χ0v) is 15.3. The largest absolute Gasteiger partial charge is 0.416 e. The maximum atomic E-state index is 12.7. The van der Waals surface area contributed by atoms with Crippen molar-refractivity contribution in [3.63, 3.8) is 0 Å². The van der Waals surface area contributed by atoms with Crippen LogP contribution >= 0.6 is 0 Å². The molecule has 0 saturated carbocycles. The Morgan fingerprint density at radius 2 is 1.56 bits per heavy atom. The van der Waals surface area contributed by atoms with Gasteiger partial charge in [0.05, 0.1) is 16.0 Å². The molecule has 0 aliphatic rings. The van der Waals surface area contributed by atoms with E-state index in [1.807, 2.05) is 39.0 Å². The van der Waals surface area contributed by atoms with E-state index < -0.39 is 27.5 Å². The van der Waals surface area contributed by atoms with Crippen LogP contribution < -0.4 is 0 Å². The van der Waals surface area contributed by atoms with E-state index in [2.05, 4.69) is 4.40 Å². The van der Waals surface area contributed by atoms with Crippen molar-refractivity contribution in [2.45, 2.75) is 38.6 Å². The van der Waals surface area contributed by atoms with Crippen molar-refractivity contribution >= 4 is 16.7 Å². The van der Waals surface area contributed by atoms with Gasteiger partial charge in [0.2, 0.25) is 0 Å². The molecule has 1 atom stereocenters. The van der Waals surface area contributed by atoms with Gasteiger partial charge in [-0.25, -0.2) is 4.21 Å². The van der Waals surface area contributed by atoms with Gasteiger partial charge in [0.25, 0.3) is 0 Å². The first-order valence-electron chi connectivity index (χ1n) is 7.74. The SMILES string of the molecule is CC(=NS(=O)C(C)(C)C)c1cccc(-c2ccc(C(F)(F)F)cc2)c1. The summed E-state index contributed by atoms with van der Waals surface area (Å²) in [7, 11) is -1.37. The number of rotatable bonds is 3. The van der Waals surface area contributed by atoms with Gasteiger partial charge in [0.1, 0.15) is 11.0 Å². The summed E-state index contributed by atoms with van der Waals surface area (Å²) in [6, 6.07) is 12.3. The molecule has 2 aromatic carbocycles. The lowest BCUT2D eigenvalue weighted by atomic mass is 10.0. The summed E-state index contributed by atoms with van der Waals surface area (Å²) in [6.07, 6.45) is -4.35. The number of hydrogen-bond acceptors (Lipinski definition) is 1. The maximum Gasteiger partial charge on any atom is 0.416 e. The van der Waals surface area contributed by atoms with Gasteiger partial charge in [0.15, 0.2) is 0 Å². The molecule has 0 aliphatic heterocycles. The van der Waals surface area contributed by atoms with Crippen LogP contribution in [0.5, 0.6) is 0 Å². The molecule has 0 amide bonds. The van der Waals surface area contributed by atoms with Gasteiger partial charge in [-0.2, -0.15) is 17.6 Å². The predicted molar refractivity (Wildman–Crippen MR) is 97.0 cm³/mol. The first-order valence-corrected chi connectivity index (χ1v) is 8.84. The van der Waals surface area contributed by atoms with Crippen LogP contribution in [-0.4, -0.2) is 14.7 Å². The first-order chi connectivity index (χ1) is 11.5. The molecule has 0 N–H and O–H groups in total. The van der Waals surface area contributed by atoms with E-state index in [0.717, 1.165) is 23.3 Å². The van der Waals surface area contributed by atoms with Crippen molar-refractivity contribution in [1.82, 2.24) is 0 Å². The van der Waals surface area contributed by atoms with E-state index >= 15 is 0 Å². The Morgan fingerprint density at radius 1 is 0.960 bits per heavy atom. The Labute approximate surface area is 148 Å². The molecule has 0 aromatic heterocycles. The quantitative estimate of drug-likeness (QED) is 0.645. The van der Waals surface area contributed by atoms with Crippen molar-refractivity contribution in [3.8, 4) is 11.1 Å². The Kier molecular flexibility index (Phi) is 5.52. The van der Waals surface area contributed by atoms with Crippen molar-refractivity contribution in [3.05, 3.63) is 59.7 Å². The Bertz CT molecular complexity index is 803. The van der Waals surface area contributed by atoms with Gasteiger partial charge >= 0.3 is 6.18 Å². The second kappa shape index (κ2) is 7.12. The van der Waals surface area contributed by atoms with Crippen molar-refractivity contribution in [1.29, 1.82) is 0 Å². The van der Waals surface area contributed by atoms with Gasteiger partial charge in [-0.15, -0.1) is 0 Å².